The molecule has 0 amide bonds. The first-order valence-electron chi connectivity index (χ1n) is 4.68. The summed E-state index contributed by atoms with van der Waals surface area (Å²) in [6.45, 7) is 6.95. The van der Waals surface area contributed by atoms with Crippen LogP contribution in [-0.4, -0.2) is 47.0 Å². The van der Waals surface area contributed by atoms with Crippen LogP contribution in [0.3, 0.4) is 0 Å². The Balaban J connectivity index is -0.000000405. The van der Waals surface area contributed by atoms with Gasteiger partial charge in [-0.25, -0.2) is 0 Å². The highest BCUT2D eigenvalue weighted by atomic mass is 31.1. The van der Waals surface area contributed by atoms with Gasteiger partial charge in [0.15, 0.2) is 0 Å². The zero-order valence-electron chi connectivity index (χ0n) is 8.90. The Hall–Kier alpha value is 1.16. The molecule has 0 heterocycles. The summed E-state index contributed by atoms with van der Waals surface area (Å²) in [5.74, 6) is 0. The molecule has 0 aliphatic rings. The van der Waals surface area contributed by atoms with Crippen molar-refractivity contribution in [2.75, 3.05) is 18.5 Å². The highest BCUT2D eigenvalue weighted by Crippen LogP contribution is 2.37. The normalized spacial score (nSPS) is 9.00. The summed E-state index contributed by atoms with van der Waals surface area (Å²) < 4.78 is 0. The standard InChI is InChI=1S/C9H21P.Mg.H2O/c1-4-7-10(8-5-2)9-6-3;;/h4-9H2,1-3H3;;1H2. The predicted octanol–water partition coefficient (Wildman–Crippen LogP) is 2.87. The zero-order chi connectivity index (χ0) is 7.82. The lowest BCUT2D eigenvalue weighted by molar-refractivity contribution is 0.824. The van der Waals surface area contributed by atoms with Gasteiger partial charge in [0.2, 0.25) is 0 Å². The van der Waals surface area contributed by atoms with Gasteiger partial charge in [0, 0.05) is 31.0 Å². The maximum absolute atomic E-state index is 2.32. The molecule has 0 aromatic rings. The highest BCUT2D eigenvalue weighted by molar-refractivity contribution is 7.57. The Morgan fingerprint density at radius 3 is 1.17 bits per heavy atom. The largest absolute Gasteiger partial charge is 0.870 e. The summed E-state index contributed by atoms with van der Waals surface area (Å²) in [6.07, 6.45) is 8.88. The predicted molar refractivity (Wildman–Crippen MR) is 61.5 cm³/mol. The SMILES string of the molecule is CCC[PH+](CCC)CCC.[Mg].[OH-]. The Morgan fingerprint density at radius 2 is 1.00 bits per heavy atom. The van der Waals surface area contributed by atoms with Crippen molar-refractivity contribution in [2.24, 2.45) is 0 Å². The molecular formula is C9H23MgOP. The lowest BCUT2D eigenvalue weighted by atomic mass is 10.6. The molecule has 72 valence electrons. The molecule has 0 aliphatic carbocycles. The monoisotopic (exact) mass is 202 g/mol. The quantitative estimate of drug-likeness (QED) is 0.481. The van der Waals surface area contributed by atoms with Crippen molar-refractivity contribution in [1.82, 2.24) is 0 Å². The average Bonchev–Trinajstić information content (AvgIpc) is 1.90. The second-order valence-corrected chi connectivity index (χ2v) is 6.00. The van der Waals surface area contributed by atoms with E-state index in [1.807, 2.05) is 0 Å². The average molecular weight is 203 g/mol. The van der Waals surface area contributed by atoms with Crippen molar-refractivity contribution in [1.29, 1.82) is 0 Å². The molecule has 1 N–H and O–H groups in total. The summed E-state index contributed by atoms with van der Waals surface area (Å²) in [7, 11) is 0.103. The van der Waals surface area contributed by atoms with Crippen LogP contribution in [0.4, 0.5) is 0 Å². The molecule has 0 aliphatic heterocycles. The Labute approximate surface area is 94.9 Å². The molecule has 0 fully saturated rings. The van der Waals surface area contributed by atoms with Crippen LogP contribution in [0.1, 0.15) is 40.0 Å². The number of hydrogen-bond donors (Lipinski definition) is 0. The molecule has 0 atom stereocenters. The third-order valence-corrected chi connectivity index (χ3v) is 5.43. The summed E-state index contributed by atoms with van der Waals surface area (Å²) in [4.78, 5) is 0. The summed E-state index contributed by atoms with van der Waals surface area (Å²) in [5.41, 5.74) is 0. The van der Waals surface area contributed by atoms with Crippen molar-refractivity contribution in [2.45, 2.75) is 40.0 Å². The van der Waals surface area contributed by atoms with E-state index in [1.54, 1.807) is 18.5 Å². The van der Waals surface area contributed by atoms with E-state index in [2.05, 4.69) is 20.8 Å². The minimum atomic E-state index is 0. The first-order chi connectivity index (χ1) is 4.85. The van der Waals surface area contributed by atoms with Crippen LogP contribution in [-0.2, 0) is 0 Å². The maximum Gasteiger partial charge on any atom is 0.0569 e. The smallest absolute Gasteiger partial charge is 0.0569 e. The van der Waals surface area contributed by atoms with E-state index in [9.17, 15) is 0 Å². The van der Waals surface area contributed by atoms with Crippen molar-refractivity contribution < 1.29 is 5.48 Å². The third-order valence-electron chi connectivity index (χ3n) is 1.81. The highest BCUT2D eigenvalue weighted by Gasteiger charge is 2.10. The lowest BCUT2D eigenvalue weighted by Crippen LogP contribution is -1.92. The molecular weight excluding hydrogens is 179 g/mol. The van der Waals surface area contributed by atoms with Gasteiger partial charge in [-0.2, -0.15) is 0 Å². The molecule has 0 rings (SSSR count). The van der Waals surface area contributed by atoms with Gasteiger partial charge in [0.1, 0.15) is 0 Å². The van der Waals surface area contributed by atoms with Crippen molar-refractivity contribution in [3.05, 3.63) is 0 Å². The Kier molecular flexibility index (Phi) is 23.0. The van der Waals surface area contributed by atoms with E-state index in [4.69, 9.17) is 0 Å². The zero-order valence-corrected chi connectivity index (χ0v) is 11.3. The van der Waals surface area contributed by atoms with Gasteiger partial charge in [-0.1, -0.05) is 20.8 Å². The number of hydrogen-bond acceptors (Lipinski definition) is 1. The molecule has 1 nitrogen and oxygen atoms in total. The lowest BCUT2D eigenvalue weighted by Gasteiger charge is -2.05. The molecule has 0 aromatic carbocycles. The van der Waals surface area contributed by atoms with Gasteiger partial charge >= 0.3 is 0 Å². The van der Waals surface area contributed by atoms with Crippen LogP contribution in [0.5, 0.6) is 0 Å². The van der Waals surface area contributed by atoms with E-state index in [0.717, 1.165) is 0 Å². The fourth-order valence-corrected chi connectivity index (χ4v) is 4.31. The van der Waals surface area contributed by atoms with Gasteiger partial charge in [0.25, 0.3) is 0 Å². The first kappa shape index (κ1) is 18.8. The third kappa shape index (κ3) is 11.2. The minimum Gasteiger partial charge on any atom is -0.870 e. The fourth-order valence-electron chi connectivity index (χ4n) is 1.44. The van der Waals surface area contributed by atoms with E-state index in [1.165, 1.54) is 19.3 Å². The van der Waals surface area contributed by atoms with Crippen molar-refractivity contribution in [3.63, 3.8) is 0 Å². The van der Waals surface area contributed by atoms with E-state index in [-0.39, 0.29) is 36.5 Å². The molecule has 3 heteroatoms. The van der Waals surface area contributed by atoms with Gasteiger partial charge in [0.05, 0.1) is 18.5 Å². The Morgan fingerprint density at radius 1 is 0.750 bits per heavy atom. The van der Waals surface area contributed by atoms with Crippen LogP contribution in [0.2, 0.25) is 0 Å². The fraction of sp³-hybridized carbons (Fsp3) is 1.00. The number of rotatable bonds is 6. The molecule has 2 radical (unpaired) electrons. The van der Waals surface area contributed by atoms with Crippen LogP contribution >= 0.6 is 7.92 Å². The van der Waals surface area contributed by atoms with E-state index >= 15 is 0 Å². The molecule has 0 aromatic heterocycles. The van der Waals surface area contributed by atoms with Crippen molar-refractivity contribution in [3.8, 4) is 0 Å². The van der Waals surface area contributed by atoms with Crippen LogP contribution in [0.15, 0.2) is 0 Å². The van der Waals surface area contributed by atoms with E-state index in [0.29, 0.717) is 0 Å². The topological polar surface area (TPSA) is 30.0 Å². The summed E-state index contributed by atoms with van der Waals surface area (Å²) in [5, 5.41) is 0. The molecule has 0 saturated carbocycles. The summed E-state index contributed by atoms with van der Waals surface area (Å²) >= 11 is 0. The molecule has 0 unspecified atom stereocenters. The van der Waals surface area contributed by atoms with Crippen LogP contribution in [0, 0.1) is 0 Å². The second-order valence-electron chi connectivity index (χ2n) is 3.00. The molecule has 0 saturated heterocycles. The van der Waals surface area contributed by atoms with Gasteiger partial charge < -0.3 is 5.48 Å². The molecule has 0 spiro atoms. The van der Waals surface area contributed by atoms with E-state index < -0.39 is 0 Å². The van der Waals surface area contributed by atoms with Crippen LogP contribution in [0.25, 0.3) is 0 Å². The first-order valence-corrected chi connectivity index (χ1v) is 6.80. The van der Waals surface area contributed by atoms with Gasteiger partial charge in [-0.15, -0.1) is 0 Å². The Bertz CT molecular complexity index is 57.3. The van der Waals surface area contributed by atoms with Gasteiger partial charge in [-0.3, -0.25) is 0 Å². The maximum atomic E-state index is 2.32. The minimum absolute atomic E-state index is 0. The van der Waals surface area contributed by atoms with Crippen LogP contribution < -0.4 is 0 Å². The second kappa shape index (κ2) is 14.7. The van der Waals surface area contributed by atoms with Gasteiger partial charge in [-0.05, 0) is 19.3 Å². The molecule has 12 heavy (non-hydrogen) atoms. The van der Waals surface area contributed by atoms with Crippen molar-refractivity contribution >= 4 is 31.0 Å². The summed E-state index contributed by atoms with van der Waals surface area (Å²) in [6, 6.07) is 0. The molecule has 0 bridgehead atoms.